The fourth-order valence-electron chi connectivity index (χ4n) is 1.56. The molecule has 1 heterocycles. The van der Waals surface area contributed by atoms with Gasteiger partial charge in [0.2, 0.25) is 0 Å². The molecule has 0 amide bonds. The molecular weight excluding hydrogens is 224 g/mol. The summed E-state index contributed by atoms with van der Waals surface area (Å²) in [6, 6.07) is 5.35. The van der Waals surface area contributed by atoms with Crippen molar-refractivity contribution in [1.29, 1.82) is 0 Å². The number of oxazole rings is 1. The van der Waals surface area contributed by atoms with Crippen molar-refractivity contribution in [3.8, 4) is 0 Å². The lowest BCUT2D eigenvalue weighted by Gasteiger charge is -2.08. The van der Waals surface area contributed by atoms with E-state index < -0.39 is 11.9 Å². The molecule has 17 heavy (non-hydrogen) atoms. The number of H-pyrrole nitrogens is 1. The van der Waals surface area contributed by atoms with Crippen molar-refractivity contribution in [1.82, 2.24) is 10.3 Å². The first-order chi connectivity index (χ1) is 8.19. The van der Waals surface area contributed by atoms with E-state index in [2.05, 4.69) is 10.3 Å². The van der Waals surface area contributed by atoms with Crippen LogP contribution in [0.25, 0.3) is 11.1 Å². The van der Waals surface area contributed by atoms with Gasteiger partial charge in [-0.2, -0.15) is 0 Å². The summed E-state index contributed by atoms with van der Waals surface area (Å²) in [5.41, 5.74) is 2.13. The maximum absolute atomic E-state index is 10.9. The molecule has 0 fully saturated rings. The van der Waals surface area contributed by atoms with Crippen LogP contribution in [-0.2, 0) is 6.54 Å². The van der Waals surface area contributed by atoms with Crippen LogP contribution in [0.5, 0.6) is 0 Å². The lowest BCUT2D eigenvalue weighted by atomic mass is 10.2. The quantitative estimate of drug-likeness (QED) is 0.566. The number of rotatable bonds is 5. The summed E-state index contributed by atoms with van der Waals surface area (Å²) >= 11 is 0. The smallest absolute Gasteiger partial charge is 0.408 e. The Balaban J connectivity index is 2.01. The Kier molecular flexibility index (Phi) is 3.58. The predicted molar refractivity (Wildman–Crippen MR) is 61.6 cm³/mol. The van der Waals surface area contributed by atoms with Crippen molar-refractivity contribution in [3.63, 3.8) is 0 Å². The van der Waals surface area contributed by atoms with Gasteiger partial charge in [-0.25, -0.2) is 4.79 Å². The second-order valence-electron chi connectivity index (χ2n) is 3.81. The van der Waals surface area contributed by atoms with Crippen LogP contribution in [0.3, 0.4) is 0 Å². The average molecular weight is 238 g/mol. The van der Waals surface area contributed by atoms with Gasteiger partial charge in [0, 0.05) is 13.1 Å². The van der Waals surface area contributed by atoms with Crippen molar-refractivity contribution < 1.29 is 14.6 Å². The molecular formula is C11H14N2O4. The van der Waals surface area contributed by atoms with Crippen molar-refractivity contribution in [2.75, 3.05) is 13.2 Å². The van der Waals surface area contributed by atoms with Crippen LogP contribution in [-0.4, -0.2) is 34.5 Å². The topological polar surface area (TPSA) is 98.5 Å². The van der Waals surface area contributed by atoms with E-state index >= 15 is 0 Å². The third kappa shape index (κ3) is 2.94. The van der Waals surface area contributed by atoms with Gasteiger partial charge in [0.1, 0.15) is 0 Å². The molecule has 6 heteroatoms. The lowest BCUT2D eigenvalue weighted by molar-refractivity contribution is 0.0942. The normalized spacial score (nSPS) is 13.1. The maximum Gasteiger partial charge on any atom is 0.417 e. The zero-order chi connectivity index (χ0) is 12.3. The van der Waals surface area contributed by atoms with E-state index in [0.717, 1.165) is 5.56 Å². The van der Waals surface area contributed by atoms with Crippen LogP contribution in [0, 0.1) is 0 Å². The first-order valence-corrected chi connectivity index (χ1v) is 5.30. The van der Waals surface area contributed by atoms with E-state index in [1.807, 2.05) is 6.07 Å². The van der Waals surface area contributed by atoms with E-state index in [-0.39, 0.29) is 6.61 Å². The Bertz CT molecular complexity index is 546. The third-order valence-electron chi connectivity index (χ3n) is 2.40. The van der Waals surface area contributed by atoms with Crippen LogP contribution in [0.15, 0.2) is 27.4 Å². The van der Waals surface area contributed by atoms with Gasteiger partial charge in [-0.3, -0.25) is 4.98 Å². The minimum Gasteiger partial charge on any atom is -0.408 e. The van der Waals surface area contributed by atoms with Gasteiger partial charge < -0.3 is 19.9 Å². The van der Waals surface area contributed by atoms with E-state index in [1.54, 1.807) is 12.1 Å². The number of aliphatic hydroxyl groups excluding tert-OH is 2. The van der Waals surface area contributed by atoms with Crippen molar-refractivity contribution in [2.24, 2.45) is 0 Å². The molecule has 2 rings (SSSR count). The number of nitrogens with one attached hydrogen (secondary N) is 2. The molecule has 0 bridgehead atoms. The molecule has 1 atom stereocenters. The third-order valence-corrected chi connectivity index (χ3v) is 2.40. The van der Waals surface area contributed by atoms with Crippen LogP contribution >= 0.6 is 0 Å². The highest BCUT2D eigenvalue weighted by Gasteiger charge is 2.03. The number of aromatic amines is 1. The number of hydrogen-bond acceptors (Lipinski definition) is 5. The summed E-state index contributed by atoms with van der Waals surface area (Å²) in [5, 5.41) is 20.8. The highest BCUT2D eigenvalue weighted by molar-refractivity contribution is 5.72. The Morgan fingerprint density at radius 3 is 3.06 bits per heavy atom. The van der Waals surface area contributed by atoms with Gasteiger partial charge in [-0.1, -0.05) is 6.07 Å². The highest BCUT2D eigenvalue weighted by atomic mass is 16.4. The molecule has 0 saturated heterocycles. The molecule has 1 unspecified atom stereocenters. The summed E-state index contributed by atoms with van der Waals surface area (Å²) in [5.74, 6) is -0.471. The Morgan fingerprint density at radius 1 is 1.47 bits per heavy atom. The maximum atomic E-state index is 10.9. The van der Waals surface area contributed by atoms with E-state index in [1.165, 1.54) is 0 Å². The fourth-order valence-corrected chi connectivity index (χ4v) is 1.56. The van der Waals surface area contributed by atoms with E-state index in [0.29, 0.717) is 24.2 Å². The first-order valence-electron chi connectivity index (χ1n) is 5.30. The molecule has 1 aromatic carbocycles. The van der Waals surface area contributed by atoms with Gasteiger partial charge in [0.25, 0.3) is 0 Å². The minimum atomic E-state index is -0.757. The summed E-state index contributed by atoms with van der Waals surface area (Å²) < 4.78 is 4.88. The van der Waals surface area contributed by atoms with E-state index in [4.69, 9.17) is 14.6 Å². The van der Waals surface area contributed by atoms with Crippen LogP contribution in [0.2, 0.25) is 0 Å². The van der Waals surface area contributed by atoms with Crippen LogP contribution in [0.1, 0.15) is 5.56 Å². The van der Waals surface area contributed by atoms with E-state index in [9.17, 15) is 4.79 Å². The summed E-state index contributed by atoms with van der Waals surface area (Å²) in [6.45, 7) is 0.595. The number of aliphatic hydroxyl groups is 2. The van der Waals surface area contributed by atoms with Crippen molar-refractivity contribution >= 4 is 11.1 Å². The summed E-state index contributed by atoms with van der Waals surface area (Å²) in [4.78, 5) is 13.5. The predicted octanol–water partition coefficient (Wildman–Crippen LogP) is -0.436. The Labute approximate surface area is 96.9 Å². The zero-order valence-electron chi connectivity index (χ0n) is 9.14. The molecule has 0 radical (unpaired) electrons. The van der Waals surface area contributed by atoms with Gasteiger partial charge in [0.05, 0.1) is 18.2 Å². The number of hydrogen-bond donors (Lipinski definition) is 4. The van der Waals surface area contributed by atoms with Gasteiger partial charge in [0.15, 0.2) is 5.58 Å². The number of aromatic nitrogens is 1. The van der Waals surface area contributed by atoms with Gasteiger partial charge in [-0.15, -0.1) is 0 Å². The largest absolute Gasteiger partial charge is 0.417 e. The van der Waals surface area contributed by atoms with Crippen molar-refractivity contribution in [3.05, 3.63) is 34.3 Å². The number of benzene rings is 1. The SMILES string of the molecule is O=c1[nH]c2cc(CNCC(O)CO)ccc2o1. The molecule has 6 nitrogen and oxygen atoms in total. The second-order valence-corrected chi connectivity index (χ2v) is 3.81. The molecule has 0 aliphatic carbocycles. The molecule has 0 spiro atoms. The average Bonchev–Trinajstić information content (AvgIpc) is 2.68. The molecule has 0 aliphatic rings. The Morgan fingerprint density at radius 2 is 2.29 bits per heavy atom. The van der Waals surface area contributed by atoms with Gasteiger partial charge >= 0.3 is 5.76 Å². The molecule has 0 saturated carbocycles. The molecule has 92 valence electrons. The monoisotopic (exact) mass is 238 g/mol. The van der Waals surface area contributed by atoms with Gasteiger partial charge in [-0.05, 0) is 17.7 Å². The first kappa shape index (κ1) is 11.8. The molecule has 2 aromatic rings. The fraction of sp³-hybridized carbons (Fsp3) is 0.364. The molecule has 1 aromatic heterocycles. The summed E-state index contributed by atoms with van der Waals surface area (Å²) in [7, 11) is 0. The minimum absolute atomic E-state index is 0.263. The Hall–Kier alpha value is -1.63. The highest BCUT2D eigenvalue weighted by Crippen LogP contribution is 2.11. The zero-order valence-corrected chi connectivity index (χ0v) is 9.14. The van der Waals surface area contributed by atoms with Crippen LogP contribution < -0.4 is 11.1 Å². The summed E-state index contributed by atoms with van der Waals surface area (Å²) in [6.07, 6.45) is -0.757. The standard InChI is InChI=1S/C11H14N2O4/c14-6-8(15)5-12-4-7-1-2-10-9(3-7)13-11(16)17-10/h1-3,8,12,14-15H,4-6H2,(H,13,16). The lowest BCUT2D eigenvalue weighted by Crippen LogP contribution is -2.28. The number of fused-ring (bicyclic) bond motifs is 1. The molecule has 0 aliphatic heterocycles. The van der Waals surface area contributed by atoms with Crippen LogP contribution in [0.4, 0.5) is 0 Å². The second kappa shape index (κ2) is 5.13. The molecule has 4 N–H and O–H groups in total. The van der Waals surface area contributed by atoms with Crippen molar-refractivity contribution in [2.45, 2.75) is 12.6 Å².